The number of amides is 1. The molecule has 4 nitrogen and oxygen atoms in total. The van der Waals surface area contributed by atoms with Gasteiger partial charge >= 0.3 is 0 Å². The second-order valence-electron chi connectivity index (χ2n) is 7.75. The second kappa shape index (κ2) is 6.84. The highest BCUT2D eigenvalue weighted by atomic mass is 16.3. The van der Waals surface area contributed by atoms with Crippen LogP contribution in [0.1, 0.15) is 53.6 Å². The predicted molar refractivity (Wildman–Crippen MR) is 101 cm³/mol. The van der Waals surface area contributed by atoms with Crippen molar-refractivity contribution in [3.05, 3.63) is 65.5 Å². The maximum absolute atomic E-state index is 13.2. The number of aromatic nitrogens is 1. The summed E-state index contributed by atoms with van der Waals surface area (Å²) < 4.78 is 0. The van der Waals surface area contributed by atoms with Crippen molar-refractivity contribution >= 4 is 5.91 Å². The lowest BCUT2D eigenvalue weighted by Gasteiger charge is -2.52. The maximum Gasteiger partial charge on any atom is 0.255 e. The first kappa shape index (κ1) is 17.2. The van der Waals surface area contributed by atoms with Crippen LogP contribution in [0.2, 0.25) is 0 Å². The van der Waals surface area contributed by atoms with E-state index in [9.17, 15) is 9.90 Å². The van der Waals surface area contributed by atoms with Crippen LogP contribution in [0.15, 0.2) is 48.8 Å². The second-order valence-corrected chi connectivity index (χ2v) is 7.75. The Labute approximate surface area is 154 Å². The number of likely N-dealkylation sites (tertiary alicyclic amines) is 1. The number of pyridine rings is 1. The van der Waals surface area contributed by atoms with Gasteiger partial charge in [-0.15, -0.1) is 0 Å². The van der Waals surface area contributed by atoms with Gasteiger partial charge in [-0.1, -0.05) is 43.2 Å². The summed E-state index contributed by atoms with van der Waals surface area (Å²) in [5, 5.41) is 11.6. The molecular formula is C22H26N2O2. The highest BCUT2D eigenvalue weighted by Gasteiger charge is 2.50. The predicted octanol–water partition coefficient (Wildman–Crippen LogP) is 3.68. The summed E-state index contributed by atoms with van der Waals surface area (Å²) >= 11 is 0. The molecule has 1 aromatic heterocycles. The number of hydrogen-bond donors (Lipinski definition) is 1. The summed E-state index contributed by atoms with van der Waals surface area (Å²) in [6, 6.07) is 12.0. The SMILES string of the molecule is Cc1cncc(C(=O)N2CCC(O)(c3ccccc3)C3CCCCC32)c1. The molecular weight excluding hydrogens is 324 g/mol. The van der Waals surface area contributed by atoms with E-state index >= 15 is 0 Å². The molecule has 2 aromatic rings. The zero-order valence-electron chi connectivity index (χ0n) is 15.3. The van der Waals surface area contributed by atoms with Gasteiger partial charge in [0.2, 0.25) is 0 Å². The van der Waals surface area contributed by atoms with E-state index in [1.165, 1.54) is 0 Å². The minimum absolute atomic E-state index is 0.0493. The fraction of sp³-hybridized carbons (Fsp3) is 0.455. The topological polar surface area (TPSA) is 53.4 Å². The average molecular weight is 350 g/mol. The largest absolute Gasteiger partial charge is 0.385 e. The molecule has 0 radical (unpaired) electrons. The van der Waals surface area contributed by atoms with E-state index in [2.05, 4.69) is 4.98 Å². The van der Waals surface area contributed by atoms with E-state index in [0.29, 0.717) is 18.5 Å². The number of rotatable bonds is 2. The summed E-state index contributed by atoms with van der Waals surface area (Å²) in [5.74, 6) is 0.141. The Morgan fingerprint density at radius 3 is 2.73 bits per heavy atom. The quantitative estimate of drug-likeness (QED) is 0.899. The average Bonchev–Trinajstić information content (AvgIpc) is 2.69. The van der Waals surface area contributed by atoms with Crippen molar-refractivity contribution in [1.82, 2.24) is 9.88 Å². The first-order valence-corrected chi connectivity index (χ1v) is 9.60. The number of carbonyl (C=O) groups excluding carboxylic acids is 1. The summed E-state index contributed by atoms with van der Waals surface area (Å²) in [7, 11) is 0. The highest BCUT2D eigenvalue weighted by molar-refractivity contribution is 5.94. The van der Waals surface area contributed by atoms with Crippen LogP contribution in [0.4, 0.5) is 0 Å². The molecule has 0 spiro atoms. The van der Waals surface area contributed by atoms with Gasteiger partial charge in [-0.05, 0) is 43.4 Å². The van der Waals surface area contributed by atoms with Crippen molar-refractivity contribution in [2.45, 2.75) is 50.7 Å². The summed E-state index contributed by atoms with van der Waals surface area (Å²) in [4.78, 5) is 19.3. The Kier molecular flexibility index (Phi) is 4.53. The third-order valence-electron chi connectivity index (χ3n) is 6.13. The molecule has 0 bridgehead atoms. The Morgan fingerprint density at radius 2 is 1.96 bits per heavy atom. The molecule has 1 aliphatic heterocycles. The smallest absolute Gasteiger partial charge is 0.255 e. The van der Waals surface area contributed by atoms with Crippen LogP contribution in [0, 0.1) is 12.8 Å². The fourth-order valence-corrected chi connectivity index (χ4v) is 4.86. The Balaban J connectivity index is 1.66. The molecule has 3 atom stereocenters. The van der Waals surface area contributed by atoms with Crippen molar-refractivity contribution < 1.29 is 9.90 Å². The van der Waals surface area contributed by atoms with E-state index in [-0.39, 0.29) is 17.9 Å². The Bertz CT molecular complexity index is 792. The van der Waals surface area contributed by atoms with Gasteiger partial charge in [-0.2, -0.15) is 0 Å². The summed E-state index contributed by atoms with van der Waals surface area (Å²) in [5.41, 5.74) is 1.79. The van der Waals surface area contributed by atoms with Crippen molar-refractivity contribution in [3.63, 3.8) is 0 Å². The first-order chi connectivity index (χ1) is 12.6. The molecule has 4 rings (SSSR count). The number of nitrogens with zero attached hydrogens (tertiary/aromatic N) is 2. The number of fused-ring (bicyclic) bond motifs is 1. The van der Waals surface area contributed by atoms with Crippen molar-refractivity contribution in [3.8, 4) is 0 Å². The molecule has 136 valence electrons. The molecule has 4 heteroatoms. The lowest BCUT2D eigenvalue weighted by molar-refractivity contribution is -0.110. The molecule has 2 fully saturated rings. The molecule has 1 amide bonds. The molecule has 3 unspecified atom stereocenters. The zero-order valence-corrected chi connectivity index (χ0v) is 15.3. The van der Waals surface area contributed by atoms with Gasteiger partial charge in [0.15, 0.2) is 0 Å². The van der Waals surface area contributed by atoms with Gasteiger partial charge in [-0.3, -0.25) is 9.78 Å². The van der Waals surface area contributed by atoms with Gasteiger partial charge in [-0.25, -0.2) is 0 Å². The number of aryl methyl sites for hydroxylation is 1. The van der Waals surface area contributed by atoms with Crippen molar-refractivity contribution in [2.75, 3.05) is 6.54 Å². The van der Waals surface area contributed by atoms with E-state index in [0.717, 1.165) is 36.8 Å². The van der Waals surface area contributed by atoms with Crippen LogP contribution in [0.3, 0.4) is 0 Å². The van der Waals surface area contributed by atoms with E-state index in [1.54, 1.807) is 12.4 Å². The van der Waals surface area contributed by atoms with Crippen molar-refractivity contribution in [2.24, 2.45) is 5.92 Å². The molecule has 1 aliphatic carbocycles. The van der Waals surface area contributed by atoms with Crippen LogP contribution in [0.25, 0.3) is 0 Å². The van der Waals surface area contributed by atoms with E-state index < -0.39 is 5.60 Å². The highest BCUT2D eigenvalue weighted by Crippen LogP contribution is 2.47. The number of piperidine rings is 1. The minimum Gasteiger partial charge on any atom is -0.385 e. The van der Waals surface area contributed by atoms with E-state index in [4.69, 9.17) is 0 Å². The molecule has 1 aromatic carbocycles. The number of aliphatic hydroxyl groups is 1. The van der Waals surface area contributed by atoms with Gasteiger partial charge < -0.3 is 10.0 Å². The lowest BCUT2D eigenvalue weighted by Crippen LogP contribution is -2.59. The van der Waals surface area contributed by atoms with Crippen LogP contribution in [-0.2, 0) is 5.60 Å². The van der Waals surface area contributed by atoms with Gasteiger partial charge in [0.05, 0.1) is 11.2 Å². The minimum atomic E-state index is -0.839. The fourth-order valence-electron chi connectivity index (χ4n) is 4.86. The maximum atomic E-state index is 13.2. The molecule has 2 heterocycles. The third-order valence-corrected chi connectivity index (χ3v) is 6.13. The summed E-state index contributed by atoms with van der Waals surface area (Å²) in [6.45, 7) is 2.54. The van der Waals surface area contributed by atoms with Crippen LogP contribution in [0.5, 0.6) is 0 Å². The Hall–Kier alpha value is -2.20. The molecule has 1 saturated carbocycles. The molecule has 26 heavy (non-hydrogen) atoms. The zero-order chi connectivity index (χ0) is 18.1. The molecule has 1 N–H and O–H groups in total. The van der Waals surface area contributed by atoms with Gasteiger partial charge in [0, 0.05) is 30.9 Å². The normalized spacial score (nSPS) is 28.5. The number of hydrogen-bond acceptors (Lipinski definition) is 3. The number of carbonyl (C=O) groups is 1. The Morgan fingerprint density at radius 1 is 1.19 bits per heavy atom. The molecule has 1 saturated heterocycles. The third kappa shape index (κ3) is 2.92. The first-order valence-electron chi connectivity index (χ1n) is 9.60. The van der Waals surface area contributed by atoms with Gasteiger partial charge in [0.25, 0.3) is 5.91 Å². The van der Waals surface area contributed by atoms with Crippen LogP contribution in [-0.4, -0.2) is 33.5 Å². The molecule has 2 aliphatic rings. The lowest BCUT2D eigenvalue weighted by atomic mass is 9.66. The van der Waals surface area contributed by atoms with Crippen molar-refractivity contribution in [1.29, 1.82) is 0 Å². The number of benzene rings is 1. The standard InChI is InChI=1S/C22H26N2O2/c1-16-13-17(15-23-14-16)21(25)24-12-11-22(26,18-7-3-2-4-8-18)19-9-5-6-10-20(19)24/h2-4,7-8,13-15,19-20,26H,5-6,9-12H2,1H3. The van der Waals surface area contributed by atoms with E-state index in [1.807, 2.05) is 48.2 Å². The summed E-state index contributed by atoms with van der Waals surface area (Å²) in [6.07, 6.45) is 8.17. The van der Waals surface area contributed by atoms with Crippen LogP contribution < -0.4 is 0 Å². The van der Waals surface area contributed by atoms with Gasteiger partial charge in [0.1, 0.15) is 0 Å². The van der Waals surface area contributed by atoms with Crippen LogP contribution >= 0.6 is 0 Å². The monoisotopic (exact) mass is 350 g/mol.